The van der Waals surface area contributed by atoms with Crippen LogP contribution >= 0.6 is 27.7 Å². The third kappa shape index (κ3) is 4.42. The van der Waals surface area contributed by atoms with Crippen molar-refractivity contribution >= 4 is 39.3 Å². The fourth-order valence-electron chi connectivity index (χ4n) is 2.19. The van der Waals surface area contributed by atoms with Gasteiger partial charge in [0.05, 0.1) is 5.75 Å². The van der Waals surface area contributed by atoms with Gasteiger partial charge in [-0.15, -0.1) is 11.8 Å². The fourth-order valence-corrected chi connectivity index (χ4v) is 3.63. The van der Waals surface area contributed by atoms with Crippen molar-refractivity contribution in [3.05, 3.63) is 52.5 Å². The van der Waals surface area contributed by atoms with Crippen molar-refractivity contribution in [2.45, 2.75) is 5.75 Å². The smallest absolute Gasteiger partial charge is 0.234 e. The number of amides is 1. The summed E-state index contributed by atoms with van der Waals surface area (Å²) in [5, 5.41) is 2.89. The standard InChI is InChI=1S/C17H16BrNO3S/c18-14-4-2-1-3-12(14)10-23-11-17(20)19-13-5-6-15-16(9-13)22-8-7-21-15/h1-6,9H,7-8,10-11H2,(H,19,20). The minimum absolute atomic E-state index is 0.0290. The molecule has 1 aliphatic rings. The van der Waals surface area contributed by atoms with E-state index in [-0.39, 0.29) is 5.91 Å². The van der Waals surface area contributed by atoms with Crippen molar-refractivity contribution in [1.29, 1.82) is 0 Å². The minimum Gasteiger partial charge on any atom is -0.486 e. The van der Waals surface area contributed by atoms with E-state index in [0.29, 0.717) is 24.7 Å². The van der Waals surface area contributed by atoms with Gasteiger partial charge in [0, 0.05) is 22.0 Å². The predicted octanol–water partition coefficient (Wildman–Crippen LogP) is 4.09. The van der Waals surface area contributed by atoms with Crippen molar-refractivity contribution in [2.24, 2.45) is 0 Å². The molecule has 0 radical (unpaired) electrons. The Kier molecular flexibility index (Phi) is 5.46. The third-order valence-corrected chi connectivity index (χ3v) is 5.03. The zero-order valence-electron chi connectivity index (χ0n) is 12.4. The Labute approximate surface area is 147 Å². The number of carbonyl (C=O) groups is 1. The molecule has 1 heterocycles. The number of hydrogen-bond acceptors (Lipinski definition) is 4. The summed E-state index contributed by atoms with van der Waals surface area (Å²) in [6, 6.07) is 13.5. The van der Waals surface area contributed by atoms with Crippen molar-refractivity contribution < 1.29 is 14.3 Å². The molecular formula is C17H16BrNO3S. The van der Waals surface area contributed by atoms with Crippen LogP contribution in [-0.4, -0.2) is 24.9 Å². The molecule has 1 amide bonds. The molecule has 0 saturated carbocycles. The second-order valence-corrected chi connectivity index (χ2v) is 6.83. The first-order valence-corrected chi connectivity index (χ1v) is 9.18. The van der Waals surface area contributed by atoms with Gasteiger partial charge in [0.15, 0.2) is 11.5 Å². The summed E-state index contributed by atoms with van der Waals surface area (Å²) in [6.07, 6.45) is 0. The van der Waals surface area contributed by atoms with Crippen LogP contribution in [0.25, 0.3) is 0 Å². The van der Waals surface area contributed by atoms with E-state index in [2.05, 4.69) is 27.3 Å². The lowest BCUT2D eigenvalue weighted by Gasteiger charge is -2.19. The fraction of sp³-hybridized carbons (Fsp3) is 0.235. The number of thioether (sulfide) groups is 1. The molecule has 23 heavy (non-hydrogen) atoms. The van der Waals surface area contributed by atoms with E-state index < -0.39 is 0 Å². The van der Waals surface area contributed by atoms with Crippen LogP contribution in [0.2, 0.25) is 0 Å². The van der Waals surface area contributed by atoms with Gasteiger partial charge in [-0.1, -0.05) is 34.1 Å². The van der Waals surface area contributed by atoms with Gasteiger partial charge in [0.1, 0.15) is 13.2 Å². The molecule has 0 bridgehead atoms. The summed E-state index contributed by atoms with van der Waals surface area (Å²) >= 11 is 5.09. The molecule has 0 atom stereocenters. The first-order valence-electron chi connectivity index (χ1n) is 7.23. The summed E-state index contributed by atoms with van der Waals surface area (Å²) in [4.78, 5) is 12.0. The number of nitrogens with one attached hydrogen (secondary N) is 1. The van der Waals surface area contributed by atoms with E-state index in [0.717, 1.165) is 21.7 Å². The van der Waals surface area contributed by atoms with Gasteiger partial charge in [-0.05, 0) is 23.8 Å². The minimum atomic E-state index is -0.0290. The molecule has 0 unspecified atom stereocenters. The number of ether oxygens (including phenoxy) is 2. The van der Waals surface area contributed by atoms with Crippen LogP contribution in [0.15, 0.2) is 46.9 Å². The molecule has 2 aromatic carbocycles. The van der Waals surface area contributed by atoms with Gasteiger partial charge >= 0.3 is 0 Å². The molecule has 1 N–H and O–H groups in total. The molecule has 0 saturated heterocycles. The van der Waals surface area contributed by atoms with Crippen LogP contribution in [0, 0.1) is 0 Å². The van der Waals surface area contributed by atoms with Crippen LogP contribution in [0.3, 0.4) is 0 Å². The first kappa shape index (κ1) is 16.2. The van der Waals surface area contributed by atoms with Crippen molar-refractivity contribution in [3.63, 3.8) is 0 Å². The zero-order chi connectivity index (χ0) is 16.1. The highest BCUT2D eigenvalue weighted by Gasteiger charge is 2.12. The summed E-state index contributed by atoms with van der Waals surface area (Å²) in [6.45, 7) is 1.09. The quantitative estimate of drug-likeness (QED) is 0.830. The molecule has 0 aliphatic carbocycles. The predicted molar refractivity (Wildman–Crippen MR) is 96.4 cm³/mol. The van der Waals surface area contributed by atoms with E-state index in [1.54, 1.807) is 17.8 Å². The molecule has 4 nitrogen and oxygen atoms in total. The maximum Gasteiger partial charge on any atom is 0.234 e. The average molecular weight is 394 g/mol. The maximum absolute atomic E-state index is 12.0. The topological polar surface area (TPSA) is 47.6 Å². The Morgan fingerprint density at radius 2 is 1.91 bits per heavy atom. The van der Waals surface area contributed by atoms with Gasteiger partial charge < -0.3 is 14.8 Å². The van der Waals surface area contributed by atoms with Crippen LogP contribution in [0.5, 0.6) is 11.5 Å². The monoisotopic (exact) mass is 393 g/mol. The number of anilines is 1. The Balaban J connectivity index is 1.50. The second kappa shape index (κ2) is 7.75. The van der Waals surface area contributed by atoms with E-state index in [9.17, 15) is 4.79 Å². The van der Waals surface area contributed by atoms with Crippen molar-refractivity contribution in [2.75, 3.05) is 24.3 Å². The molecule has 0 aromatic heterocycles. The number of fused-ring (bicyclic) bond motifs is 1. The normalized spacial score (nSPS) is 12.7. The van der Waals surface area contributed by atoms with Crippen molar-refractivity contribution in [3.8, 4) is 11.5 Å². The van der Waals surface area contributed by atoms with Crippen LogP contribution in [0.4, 0.5) is 5.69 Å². The van der Waals surface area contributed by atoms with E-state index in [1.807, 2.05) is 30.3 Å². The Hall–Kier alpha value is -1.66. The number of halogens is 1. The Morgan fingerprint density at radius 1 is 1.13 bits per heavy atom. The first-order chi connectivity index (χ1) is 11.2. The van der Waals surface area contributed by atoms with E-state index >= 15 is 0 Å². The highest BCUT2D eigenvalue weighted by Crippen LogP contribution is 2.32. The van der Waals surface area contributed by atoms with Gasteiger partial charge in [-0.3, -0.25) is 4.79 Å². The lowest BCUT2D eigenvalue weighted by Crippen LogP contribution is -2.17. The number of rotatable bonds is 5. The molecule has 0 fully saturated rings. The Morgan fingerprint density at radius 3 is 2.74 bits per heavy atom. The number of benzene rings is 2. The molecule has 120 valence electrons. The summed E-state index contributed by atoms with van der Waals surface area (Å²) in [5.74, 6) is 2.55. The van der Waals surface area contributed by atoms with Crippen LogP contribution < -0.4 is 14.8 Å². The van der Waals surface area contributed by atoms with Gasteiger partial charge in [-0.2, -0.15) is 0 Å². The van der Waals surface area contributed by atoms with Crippen LogP contribution in [0.1, 0.15) is 5.56 Å². The van der Waals surface area contributed by atoms with Crippen LogP contribution in [-0.2, 0) is 10.5 Å². The molecule has 3 rings (SSSR count). The Bertz CT molecular complexity index is 708. The lowest BCUT2D eigenvalue weighted by atomic mass is 10.2. The van der Waals surface area contributed by atoms with Gasteiger partial charge in [0.25, 0.3) is 0 Å². The molecule has 1 aliphatic heterocycles. The van der Waals surface area contributed by atoms with Gasteiger partial charge in [0.2, 0.25) is 5.91 Å². The summed E-state index contributed by atoms with van der Waals surface area (Å²) < 4.78 is 12.0. The average Bonchev–Trinajstić information content (AvgIpc) is 2.56. The molecular weight excluding hydrogens is 378 g/mol. The number of carbonyl (C=O) groups excluding carboxylic acids is 1. The highest BCUT2D eigenvalue weighted by molar-refractivity contribution is 9.10. The molecule has 0 spiro atoms. The maximum atomic E-state index is 12.0. The van der Waals surface area contributed by atoms with E-state index in [1.165, 1.54) is 5.56 Å². The largest absolute Gasteiger partial charge is 0.486 e. The summed E-state index contributed by atoms with van der Waals surface area (Å²) in [5.41, 5.74) is 1.91. The number of hydrogen-bond donors (Lipinski definition) is 1. The highest BCUT2D eigenvalue weighted by atomic mass is 79.9. The third-order valence-electron chi connectivity index (χ3n) is 3.27. The molecule has 2 aromatic rings. The second-order valence-electron chi connectivity index (χ2n) is 4.99. The van der Waals surface area contributed by atoms with E-state index in [4.69, 9.17) is 9.47 Å². The zero-order valence-corrected chi connectivity index (χ0v) is 14.8. The SMILES string of the molecule is O=C(CSCc1ccccc1Br)Nc1ccc2c(c1)OCCO2. The van der Waals surface area contributed by atoms with Crippen molar-refractivity contribution in [1.82, 2.24) is 0 Å². The summed E-state index contributed by atoms with van der Waals surface area (Å²) in [7, 11) is 0. The lowest BCUT2D eigenvalue weighted by molar-refractivity contribution is -0.113. The van der Waals surface area contributed by atoms with Gasteiger partial charge in [-0.25, -0.2) is 0 Å². The molecule has 6 heteroatoms.